The van der Waals surface area contributed by atoms with E-state index in [4.69, 9.17) is 5.73 Å². The zero-order valence-corrected chi connectivity index (χ0v) is 11.5. The number of hydrogen-bond acceptors (Lipinski definition) is 2. The van der Waals surface area contributed by atoms with Crippen LogP contribution in [0.15, 0.2) is 4.99 Å². The number of nitrogens with zero attached hydrogens (tertiary/aromatic N) is 2. The van der Waals surface area contributed by atoms with Crippen molar-refractivity contribution in [2.45, 2.75) is 39.7 Å². The number of rotatable bonds is 7. The smallest absolute Gasteiger partial charge is 0.188 e. The summed E-state index contributed by atoms with van der Waals surface area (Å²) in [6.45, 7) is 8.25. The molecular weight excluding hydrogens is 200 g/mol. The largest absolute Gasteiger partial charge is 0.370 e. The summed E-state index contributed by atoms with van der Waals surface area (Å²) >= 11 is 0. The van der Waals surface area contributed by atoms with Crippen molar-refractivity contribution in [3.63, 3.8) is 0 Å². The molecule has 0 aromatic carbocycles. The molecule has 16 heavy (non-hydrogen) atoms. The SMILES string of the molecule is CCCNC(N)=NCC(CC(C)C)N(C)C. The van der Waals surface area contributed by atoms with E-state index in [0.717, 1.165) is 25.9 Å². The number of guanidine groups is 1. The third kappa shape index (κ3) is 7.51. The fraction of sp³-hybridized carbons (Fsp3) is 0.917. The fourth-order valence-corrected chi connectivity index (χ4v) is 1.51. The standard InChI is InChI=1S/C12H28N4/c1-6-7-14-12(13)15-9-11(16(4)5)8-10(2)3/h10-11H,6-9H2,1-5H3,(H3,13,14,15). The van der Waals surface area contributed by atoms with Crippen LogP contribution in [0, 0.1) is 5.92 Å². The quantitative estimate of drug-likeness (QED) is 0.510. The summed E-state index contributed by atoms with van der Waals surface area (Å²) in [7, 11) is 4.19. The molecule has 1 atom stereocenters. The topological polar surface area (TPSA) is 53.6 Å². The lowest BCUT2D eigenvalue weighted by molar-refractivity contribution is 0.261. The lowest BCUT2D eigenvalue weighted by Crippen LogP contribution is -2.36. The Labute approximate surface area is 100 Å². The van der Waals surface area contributed by atoms with Crippen molar-refractivity contribution < 1.29 is 0 Å². The van der Waals surface area contributed by atoms with Crippen LogP contribution in [0.1, 0.15) is 33.6 Å². The summed E-state index contributed by atoms with van der Waals surface area (Å²) in [4.78, 5) is 6.60. The molecule has 0 rings (SSSR count). The summed E-state index contributed by atoms with van der Waals surface area (Å²) in [6, 6.07) is 0.474. The Morgan fingerprint density at radius 3 is 2.44 bits per heavy atom. The van der Waals surface area contributed by atoms with Gasteiger partial charge < -0.3 is 16.0 Å². The molecule has 0 aliphatic carbocycles. The molecule has 0 amide bonds. The van der Waals surface area contributed by atoms with Crippen LogP contribution in [-0.2, 0) is 0 Å². The predicted molar refractivity (Wildman–Crippen MR) is 71.7 cm³/mol. The van der Waals surface area contributed by atoms with Gasteiger partial charge in [0.15, 0.2) is 5.96 Å². The van der Waals surface area contributed by atoms with Crippen LogP contribution in [0.2, 0.25) is 0 Å². The van der Waals surface area contributed by atoms with E-state index >= 15 is 0 Å². The van der Waals surface area contributed by atoms with Crippen LogP contribution < -0.4 is 11.1 Å². The average Bonchev–Trinajstić information content (AvgIpc) is 2.20. The van der Waals surface area contributed by atoms with Crippen molar-refractivity contribution in [2.24, 2.45) is 16.6 Å². The summed E-state index contributed by atoms with van der Waals surface area (Å²) in [6.07, 6.45) is 2.22. The van der Waals surface area contributed by atoms with Crippen molar-refractivity contribution in [1.29, 1.82) is 0 Å². The van der Waals surface area contributed by atoms with E-state index in [-0.39, 0.29) is 0 Å². The van der Waals surface area contributed by atoms with Crippen LogP contribution in [0.5, 0.6) is 0 Å². The van der Waals surface area contributed by atoms with Crippen molar-refractivity contribution in [1.82, 2.24) is 10.2 Å². The second-order valence-electron chi connectivity index (χ2n) is 4.90. The molecule has 0 heterocycles. The molecule has 0 fully saturated rings. The minimum absolute atomic E-state index is 0.474. The van der Waals surface area contributed by atoms with Gasteiger partial charge in [0, 0.05) is 12.6 Å². The molecular formula is C12H28N4. The molecule has 0 saturated heterocycles. The molecule has 0 aliphatic heterocycles. The fourth-order valence-electron chi connectivity index (χ4n) is 1.51. The first-order chi connectivity index (χ1) is 7.47. The minimum Gasteiger partial charge on any atom is -0.370 e. The Hall–Kier alpha value is -0.770. The number of nitrogens with two attached hydrogens (primary N) is 1. The number of likely N-dealkylation sites (N-methyl/N-ethyl adjacent to an activating group) is 1. The van der Waals surface area contributed by atoms with Gasteiger partial charge in [0.05, 0.1) is 6.54 Å². The molecule has 0 aliphatic rings. The van der Waals surface area contributed by atoms with Gasteiger partial charge in [-0.1, -0.05) is 20.8 Å². The van der Waals surface area contributed by atoms with Crippen molar-refractivity contribution in [3.05, 3.63) is 0 Å². The maximum Gasteiger partial charge on any atom is 0.188 e. The van der Waals surface area contributed by atoms with E-state index in [0.29, 0.717) is 17.9 Å². The van der Waals surface area contributed by atoms with Gasteiger partial charge in [0.2, 0.25) is 0 Å². The van der Waals surface area contributed by atoms with Crippen LogP contribution in [0.25, 0.3) is 0 Å². The van der Waals surface area contributed by atoms with Gasteiger partial charge in [-0.05, 0) is 32.9 Å². The van der Waals surface area contributed by atoms with E-state index in [1.807, 2.05) is 0 Å². The Morgan fingerprint density at radius 1 is 1.38 bits per heavy atom. The number of nitrogens with one attached hydrogen (secondary N) is 1. The normalized spacial score (nSPS) is 14.6. The lowest BCUT2D eigenvalue weighted by atomic mass is 10.0. The zero-order valence-electron chi connectivity index (χ0n) is 11.5. The molecule has 4 heteroatoms. The van der Waals surface area contributed by atoms with Gasteiger partial charge >= 0.3 is 0 Å². The first-order valence-corrected chi connectivity index (χ1v) is 6.17. The van der Waals surface area contributed by atoms with E-state index < -0.39 is 0 Å². The van der Waals surface area contributed by atoms with Crippen molar-refractivity contribution in [3.8, 4) is 0 Å². The molecule has 3 N–H and O–H groups in total. The van der Waals surface area contributed by atoms with Crippen LogP contribution in [0.4, 0.5) is 0 Å². The third-order valence-corrected chi connectivity index (χ3v) is 2.50. The molecule has 0 aromatic heterocycles. The van der Waals surface area contributed by atoms with Crippen LogP contribution in [0.3, 0.4) is 0 Å². The molecule has 0 saturated carbocycles. The Kier molecular flexibility index (Phi) is 7.99. The molecule has 96 valence electrons. The maximum atomic E-state index is 5.76. The van der Waals surface area contributed by atoms with Gasteiger partial charge in [-0.3, -0.25) is 4.99 Å². The summed E-state index contributed by atoms with van der Waals surface area (Å²) in [5.74, 6) is 1.25. The predicted octanol–water partition coefficient (Wildman–Crippen LogP) is 1.28. The van der Waals surface area contributed by atoms with Crippen molar-refractivity contribution >= 4 is 5.96 Å². The summed E-state index contributed by atoms with van der Waals surface area (Å²) in [5.41, 5.74) is 5.76. The minimum atomic E-state index is 0.474. The highest BCUT2D eigenvalue weighted by atomic mass is 15.1. The highest BCUT2D eigenvalue weighted by Gasteiger charge is 2.12. The van der Waals surface area contributed by atoms with E-state index in [1.165, 1.54) is 0 Å². The highest BCUT2D eigenvalue weighted by Crippen LogP contribution is 2.09. The molecule has 4 nitrogen and oxygen atoms in total. The molecule has 0 aromatic rings. The third-order valence-electron chi connectivity index (χ3n) is 2.50. The Bertz CT molecular complexity index is 199. The van der Waals surface area contributed by atoms with Gasteiger partial charge in [0.25, 0.3) is 0 Å². The Morgan fingerprint density at radius 2 is 2.00 bits per heavy atom. The van der Waals surface area contributed by atoms with Gasteiger partial charge in [0.1, 0.15) is 0 Å². The van der Waals surface area contributed by atoms with Crippen LogP contribution in [-0.4, -0.2) is 44.1 Å². The lowest BCUT2D eigenvalue weighted by Gasteiger charge is -2.24. The number of hydrogen-bond donors (Lipinski definition) is 2. The molecule has 0 bridgehead atoms. The molecule has 1 unspecified atom stereocenters. The first-order valence-electron chi connectivity index (χ1n) is 6.17. The average molecular weight is 228 g/mol. The van der Waals surface area contributed by atoms with Gasteiger partial charge in [-0.25, -0.2) is 0 Å². The van der Waals surface area contributed by atoms with E-state index in [2.05, 4.69) is 50.1 Å². The second kappa shape index (κ2) is 8.39. The summed E-state index contributed by atoms with van der Waals surface area (Å²) in [5, 5.41) is 3.09. The maximum absolute atomic E-state index is 5.76. The molecule has 0 radical (unpaired) electrons. The highest BCUT2D eigenvalue weighted by molar-refractivity contribution is 5.77. The van der Waals surface area contributed by atoms with E-state index in [9.17, 15) is 0 Å². The summed E-state index contributed by atoms with van der Waals surface area (Å²) < 4.78 is 0. The first kappa shape index (κ1) is 15.2. The van der Waals surface area contributed by atoms with Crippen LogP contribution >= 0.6 is 0 Å². The van der Waals surface area contributed by atoms with E-state index in [1.54, 1.807) is 0 Å². The second-order valence-corrected chi connectivity index (χ2v) is 4.90. The Balaban J connectivity index is 4.08. The zero-order chi connectivity index (χ0) is 12.6. The molecule has 0 spiro atoms. The monoisotopic (exact) mass is 228 g/mol. The van der Waals surface area contributed by atoms with Gasteiger partial charge in [-0.2, -0.15) is 0 Å². The number of aliphatic imine (C=N–C) groups is 1. The van der Waals surface area contributed by atoms with Crippen molar-refractivity contribution in [2.75, 3.05) is 27.2 Å². The van der Waals surface area contributed by atoms with Gasteiger partial charge in [-0.15, -0.1) is 0 Å².